The van der Waals surface area contributed by atoms with Crippen LogP contribution < -0.4 is 5.32 Å². The summed E-state index contributed by atoms with van der Waals surface area (Å²) < 4.78 is 33.6. The molecule has 0 saturated carbocycles. The van der Waals surface area contributed by atoms with Crippen molar-refractivity contribution in [3.63, 3.8) is 0 Å². The van der Waals surface area contributed by atoms with Gasteiger partial charge in [0.15, 0.2) is 5.76 Å². The molecule has 0 amide bonds. The Morgan fingerprint density at radius 1 is 1.03 bits per heavy atom. The minimum Gasteiger partial charge on any atom is -0.355 e. The zero-order valence-corrected chi connectivity index (χ0v) is 19.5. The largest absolute Gasteiger partial charge is 0.355 e. The predicted octanol–water partition coefficient (Wildman–Crippen LogP) is 4.84. The predicted molar refractivity (Wildman–Crippen MR) is 130 cm³/mol. The Morgan fingerprint density at radius 3 is 2.82 bits per heavy atom. The number of nitrogens with one attached hydrogen (secondary N) is 1. The van der Waals surface area contributed by atoms with Crippen molar-refractivity contribution in [1.82, 2.24) is 19.4 Å². The van der Waals surface area contributed by atoms with E-state index in [9.17, 15) is 8.42 Å². The number of para-hydroxylation sites is 1. The Kier molecular flexibility index (Phi) is 5.13. The fourth-order valence-corrected chi connectivity index (χ4v) is 6.95. The number of rotatable bonds is 5. The van der Waals surface area contributed by atoms with Crippen molar-refractivity contribution >= 4 is 43.8 Å². The molecule has 34 heavy (non-hydrogen) atoms. The van der Waals surface area contributed by atoms with E-state index < -0.39 is 10.0 Å². The van der Waals surface area contributed by atoms with Crippen LogP contribution in [-0.2, 0) is 23.0 Å². The second-order valence-electron chi connectivity index (χ2n) is 7.92. The Balaban J connectivity index is 1.25. The summed E-state index contributed by atoms with van der Waals surface area (Å²) in [4.78, 5) is 9.75. The summed E-state index contributed by atoms with van der Waals surface area (Å²) in [5.41, 5.74) is 3.73. The van der Waals surface area contributed by atoms with E-state index in [-0.39, 0.29) is 4.21 Å². The van der Waals surface area contributed by atoms with Gasteiger partial charge in [0.25, 0.3) is 10.0 Å². The second-order valence-corrected chi connectivity index (χ2v) is 11.2. The van der Waals surface area contributed by atoms with Gasteiger partial charge in [-0.15, -0.1) is 11.3 Å². The van der Waals surface area contributed by atoms with Gasteiger partial charge in [-0.2, -0.15) is 4.31 Å². The van der Waals surface area contributed by atoms with Crippen LogP contribution in [0.15, 0.2) is 81.9 Å². The van der Waals surface area contributed by atoms with Gasteiger partial charge in [-0.05, 0) is 42.3 Å². The zero-order chi connectivity index (χ0) is 23.1. The number of pyridine rings is 2. The molecule has 1 aromatic carbocycles. The highest BCUT2D eigenvalue weighted by Crippen LogP contribution is 2.35. The highest BCUT2D eigenvalue weighted by Gasteiger charge is 2.31. The number of hydrogen-bond donors (Lipinski definition) is 1. The molecule has 4 aromatic heterocycles. The van der Waals surface area contributed by atoms with Crippen LogP contribution in [0.3, 0.4) is 0 Å². The molecule has 0 atom stereocenters. The molecule has 0 radical (unpaired) electrons. The average molecular weight is 490 g/mol. The maximum atomic E-state index is 13.3. The molecule has 5 heterocycles. The number of nitrogens with zero attached hydrogens (tertiary/aromatic N) is 4. The molecule has 1 aliphatic rings. The second kappa shape index (κ2) is 8.32. The van der Waals surface area contributed by atoms with E-state index in [4.69, 9.17) is 4.52 Å². The van der Waals surface area contributed by atoms with Crippen molar-refractivity contribution in [2.45, 2.75) is 17.2 Å². The molecule has 0 bridgehead atoms. The summed E-state index contributed by atoms with van der Waals surface area (Å²) in [5, 5.41) is 8.10. The Morgan fingerprint density at radius 2 is 1.94 bits per heavy atom. The lowest BCUT2D eigenvalue weighted by molar-refractivity contribution is 0.392. The Bertz CT molecular complexity index is 1600. The first-order valence-electron chi connectivity index (χ1n) is 10.7. The summed E-state index contributed by atoms with van der Waals surface area (Å²) in [6.45, 7) is 0.668. The van der Waals surface area contributed by atoms with Crippen molar-refractivity contribution in [2.75, 3.05) is 11.9 Å². The quantitative estimate of drug-likeness (QED) is 0.377. The number of aromatic nitrogens is 3. The van der Waals surface area contributed by atoms with Gasteiger partial charge in [-0.3, -0.25) is 4.98 Å². The third-order valence-corrected chi connectivity index (χ3v) is 9.23. The molecule has 8 nitrogen and oxygen atoms in total. The monoisotopic (exact) mass is 489 g/mol. The van der Waals surface area contributed by atoms with Crippen molar-refractivity contribution in [2.24, 2.45) is 0 Å². The molecule has 0 spiro atoms. The lowest BCUT2D eigenvalue weighted by Gasteiger charge is -2.28. The molecule has 1 aliphatic heterocycles. The first-order chi connectivity index (χ1) is 16.6. The maximum Gasteiger partial charge on any atom is 0.252 e. The number of sulfonamides is 1. The van der Waals surface area contributed by atoms with E-state index in [1.807, 2.05) is 36.4 Å². The lowest BCUT2D eigenvalue weighted by Crippen LogP contribution is -2.36. The van der Waals surface area contributed by atoms with Gasteiger partial charge in [0.05, 0.1) is 28.5 Å². The van der Waals surface area contributed by atoms with E-state index in [1.165, 1.54) is 15.6 Å². The molecular weight excluding hydrogens is 470 g/mol. The van der Waals surface area contributed by atoms with Crippen LogP contribution in [0.4, 0.5) is 11.5 Å². The fourth-order valence-electron chi connectivity index (χ4n) is 4.12. The normalized spacial score (nSPS) is 14.2. The minimum absolute atomic E-state index is 0.289. The molecule has 1 N–H and O–H groups in total. The van der Waals surface area contributed by atoms with E-state index in [0.717, 1.165) is 38.4 Å². The summed E-state index contributed by atoms with van der Waals surface area (Å²) in [6, 6.07) is 16.9. The first-order valence-corrected chi connectivity index (χ1v) is 12.9. The molecule has 170 valence electrons. The Hall–Kier alpha value is -3.60. The van der Waals surface area contributed by atoms with E-state index in [2.05, 4.69) is 20.4 Å². The summed E-state index contributed by atoms with van der Waals surface area (Å²) >= 11 is 1.18. The van der Waals surface area contributed by atoms with Gasteiger partial charge in [0, 0.05) is 36.3 Å². The highest BCUT2D eigenvalue weighted by molar-refractivity contribution is 7.91. The molecule has 0 aliphatic carbocycles. The van der Waals surface area contributed by atoms with E-state index in [0.29, 0.717) is 25.3 Å². The van der Waals surface area contributed by atoms with Crippen LogP contribution >= 0.6 is 11.3 Å². The van der Waals surface area contributed by atoms with E-state index >= 15 is 0 Å². The topological polar surface area (TPSA) is 101 Å². The van der Waals surface area contributed by atoms with Gasteiger partial charge in [0.2, 0.25) is 0 Å². The molecule has 10 heteroatoms. The lowest BCUT2D eigenvalue weighted by atomic mass is 10.0. The smallest absolute Gasteiger partial charge is 0.252 e. The summed E-state index contributed by atoms with van der Waals surface area (Å²) in [5.74, 6) is 1.29. The van der Waals surface area contributed by atoms with Crippen LogP contribution in [0.2, 0.25) is 0 Å². The molecule has 6 rings (SSSR count). The van der Waals surface area contributed by atoms with Crippen LogP contribution in [0.5, 0.6) is 0 Å². The molecule has 5 aromatic rings. The maximum absolute atomic E-state index is 13.3. The molecular formula is C24H19N5O3S2. The SMILES string of the molecule is O=S(=O)(c1ccc(-c2ccno2)s1)N1CCc2c(ccnc2Nc2cnc3ccccc3c2)C1. The number of anilines is 2. The van der Waals surface area contributed by atoms with Crippen LogP contribution in [-0.4, -0.2) is 34.4 Å². The highest BCUT2D eigenvalue weighted by atomic mass is 32.2. The number of fused-ring (bicyclic) bond motifs is 2. The minimum atomic E-state index is -3.63. The first kappa shape index (κ1) is 21.0. The standard InChI is InChI=1S/C24H19N5O3S2/c30-34(31,23-6-5-22(33-23)21-8-11-27-32-21)29-12-9-19-17(15-29)7-10-25-24(19)28-18-13-16-3-1-2-4-20(16)26-14-18/h1-8,10-11,13-14H,9,12,15H2,(H,25,28). The number of hydrogen-bond acceptors (Lipinski definition) is 8. The van der Waals surface area contributed by atoms with E-state index in [1.54, 1.807) is 36.8 Å². The summed E-state index contributed by atoms with van der Waals surface area (Å²) in [6.07, 6.45) is 5.59. The van der Waals surface area contributed by atoms with Gasteiger partial charge < -0.3 is 9.84 Å². The van der Waals surface area contributed by atoms with Crippen molar-refractivity contribution in [1.29, 1.82) is 0 Å². The zero-order valence-electron chi connectivity index (χ0n) is 17.9. The van der Waals surface area contributed by atoms with Crippen LogP contribution in [0.1, 0.15) is 11.1 Å². The summed E-state index contributed by atoms with van der Waals surface area (Å²) in [7, 11) is -3.63. The Labute approximate surface area is 199 Å². The fraction of sp³-hybridized carbons (Fsp3) is 0.125. The van der Waals surface area contributed by atoms with Gasteiger partial charge in [0.1, 0.15) is 10.0 Å². The van der Waals surface area contributed by atoms with Crippen LogP contribution in [0, 0.1) is 0 Å². The number of thiophene rings is 1. The van der Waals surface area contributed by atoms with Crippen LogP contribution in [0.25, 0.3) is 21.5 Å². The third-order valence-electron chi connectivity index (χ3n) is 5.82. The number of benzene rings is 1. The third kappa shape index (κ3) is 3.75. The van der Waals surface area contributed by atoms with Crippen molar-refractivity contribution in [3.05, 3.63) is 84.3 Å². The van der Waals surface area contributed by atoms with Crippen molar-refractivity contribution < 1.29 is 12.9 Å². The molecule has 0 unspecified atom stereocenters. The van der Waals surface area contributed by atoms with Gasteiger partial charge in [-0.25, -0.2) is 13.4 Å². The van der Waals surface area contributed by atoms with Crippen molar-refractivity contribution in [3.8, 4) is 10.6 Å². The van der Waals surface area contributed by atoms with Gasteiger partial charge in [-0.1, -0.05) is 23.4 Å². The molecule has 0 saturated heterocycles. The average Bonchev–Trinajstić information content (AvgIpc) is 3.56. The van der Waals surface area contributed by atoms with Gasteiger partial charge >= 0.3 is 0 Å². The molecule has 0 fully saturated rings.